The van der Waals surface area contributed by atoms with E-state index in [-0.39, 0.29) is 11.8 Å². The number of rotatable bonds is 5. The second kappa shape index (κ2) is 6.22. The van der Waals surface area contributed by atoms with Crippen LogP contribution in [0.2, 0.25) is 5.02 Å². The molecule has 6 heteroatoms. The molecule has 0 amide bonds. The van der Waals surface area contributed by atoms with Crippen LogP contribution in [0.15, 0.2) is 24.3 Å². The zero-order valence-electron chi connectivity index (χ0n) is 11.0. The molecule has 1 N–H and O–H groups in total. The number of hydrogen-bond donors (Lipinski definition) is 1. The third-order valence-electron chi connectivity index (χ3n) is 3.42. The van der Waals surface area contributed by atoms with Crippen molar-refractivity contribution in [2.75, 3.05) is 20.1 Å². The summed E-state index contributed by atoms with van der Waals surface area (Å²) in [7, 11) is -1.45. The standard InChI is InChI=1S/C13H19ClN2O2S/c1-15-9-12-6-4-8-16(12)19(17,18)10-11-5-2-3-7-13(11)14/h2-3,5,7,12,15H,4,6,8-10H2,1H3/t12-/m1/s1. The zero-order valence-corrected chi connectivity index (χ0v) is 12.5. The molecule has 0 aromatic heterocycles. The lowest BCUT2D eigenvalue weighted by Gasteiger charge is -2.24. The molecule has 0 aliphatic carbocycles. The number of benzene rings is 1. The van der Waals surface area contributed by atoms with Crippen molar-refractivity contribution >= 4 is 21.6 Å². The molecule has 0 radical (unpaired) electrons. The Morgan fingerprint density at radius 1 is 1.42 bits per heavy atom. The highest BCUT2D eigenvalue weighted by molar-refractivity contribution is 7.88. The normalized spacial score (nSPS) is 20.8. The average molecular weight is 303 g/mol. The molecule has 0 saturated carbocycles. The lowest BCUT2D eigenvalue weighted by molar-refractivity contribution is 0.378. The van der Waals surface area contributed by atoms with Gasteiger partial charge in [-0.15, -0.1) is 0 Å². The Labute approximate surface area is 119 Å². The van der Waals surface area contributed by atoms with Crippen LogP contribution in [0.5, 0.6) is 0 Å². The predicted octanol–water partition coefficient (Wildman–Crippen LogP) is 1.85. The molecule has 1 aliphatic rings. The number of nitrogens with one attached hydrogen (secondary N) is 1. The van der Waals surface area contributed by atoms with Crippen LogP contribution in [0, 0.1) is 0 Å². The van der Waals surface area contributed by atoms with E-state index in [1.165, 1.54) is 0 Å². The Bertz CT molecular complexity index is 533. The van der Waals surface area contributed by atoms with Gasteiger partial charge < -0.3 is 5.32 Å². The maximum atomic E-state index is 12.5. The van der Waals surface area contributed by atoms with Crippen molar-refractivity contribution in [2.24, 2.45) is 0 Å². The fraction of sp³-hybridized carbons (Fsp3) is 0.538. The van der Waals surface area contributed by atoms with Gasteiger partial charge in [0, 0.05) is 24.2 Å². The largest absolute Gasteiger partial charge is 0.318 e. The van der Waals surface area contributed by atoms with Gasteiger partial charge in [0.2, 0.25) is 10.0 Å². The maximum absolute atomic E-state index is 12.5. The maximum Gasteiger partial charge on any atom is 0.218 e. The lowest BCUT2D eigenvalue weighted by atomic mass is 10.2. The summed E-state index contributed by atoms with van der Waals surface area (Å²) in [6, 6.07) is 7.17. The molecule has 1 heterocycles. The third kappa shape index (κ3) is 3.48. The Balaban J connectivity index is 2.16. The molecule has 0 unspecified atom stereocenters. The summed E-state index contributed by atoms with van der Waals surface area (Å²) in [6.45, 7) is 1.31. The van der Waals surface area contributed by atoms with Crippen molar-refractivity contribution in [3.05, 3.63) is 34.9 Å². The Morgan fingerprint density at radius 2 is 2.16 bits per heavy atom. The quantitative estimate of drug-likeness (QED) is 0.903. The number of nitrogens with zero attached hydrogens (tertiary/aromatic N) is 1. The fourth-order valence-electron chi connectivity index (χ4n) is 2.51. The van der Waals surface area contributed by atoms with Crippen molar-refractivity contribution in [3.8, 4) is 0 Å². The molecule has 1 atom stereocenters. The Morgan fingerprint density at radius 3 is 2.84 bits per heavy atom. The van der Waals surface area contributed by atoms with Crippen LogP contribution in [-0.2, 0) is 15.8 Å². The zero-order chi connectivity index (χ0) is 13.9. The SMILES string of the molecule is CNC[C@H]1CCCN1S(=O)(=O)Cc1ccccc1Cl. The highest BCUT2D eigenvalue weighted by Gasteiger charge is 2.33. The van der Waals surface area contributed by atoms with Gasteiger partial charge in [0.25, 0.3) is 0 Å². The van der Waals surface area contributed by atoms with Gasteiger partial charge in [0.05, 0.1) is 5.75 Å². The predicted molar refractivity (Wildman–Crippen MR) is 77.7 cm³/mol. The van der Waals surface area contributed by atoms with E-state index in [4.69, 9.17) is 11.6 Å². The summed E-state index contributed by atoms with van der Waals surface area (Å²) in [5.41, 5.74) is 0.666. The molecule has 2 rings (SSSR count). The molecule has 1 aliphatic heterocycles. The number of sulfonamides is 1. The highest BCUT2D eigenvalue weighted by atomic mass is 35.5. The van der Waals surface area contributed by atoms with E-state index in [9.17, 15) is 8.42 Å². The molecular weight excluding hydrogens is 284 g/mol. The molecule has 0 bridgehead atoms. The first kappa shape index (κ1) is 14.8. The van der Waals surface area contributed by atoms with E-state index >= 15 is 0 Å². The van der Waals surface area contributed by atoms with E-state index < -0.39 is 10.0 Å². The van der Waals surface area contributed by atoms with Crippen LogP contribution in [-0.4, -0.2) is 38.9 Å². The van der Waals surface area contributed by atoms with E-state index in [1.54, 1.807) is 22.5 Å². The first-order chi connectivity index (χ1) is 9.04. The molecular formula is C13H19ClN2O2S. The topological polar surface area (TPSA) is 49.4 Å². The number of halogens is 1. The van der Waals surface area contributed by atoms with Crippen molar-refractivity contribution in [1.29, 1.82) is 0 Å². The van der Waals surface area contributed by atoms with E-state index in [0.29, 0.717) is 23.7 Å². The minimum atomic E-state index is -3.30. The van der Waals surface area contributed by atoms with Gasteiger partial charge in [0.15, 0.2) is 0 Å². The fourth-order valence-corrected chi connectivity index (χ4v) is 4.64. The van der Waals surface area contributed by atoms with Crippen molar-refractivity contribution in [1.82, 2.24) is 9.62 Å². The molecule has 1 aromatic rings. The van der Waals surface area contributed by atoms with Gasteiger partial charge in [-0.05, 0) is 31.5 Å². The molecule has 1 aromatic carbocycles. The molecule has 1 saturated heterocycles. The van der Waals surface area contributed by atoms with Crippen LogP contribution >= 0.6 is 11.6 Å². The third-order valence-corrected chi connectivity index (χ3v) is 5.66. The second-order valence-electron chi connectivity index (χ2n) is 4.81. The summed E-state index contributed by atoms with van der Waals surface area (Å²) in [5, 5.41) is 3.56. The smallest absolute Gasteiger partial charge is 0.218 e. The van der Waals surface area contributed by atoms with E-state index in [0.717, 1.165) is 12.8 Å². The monoisotopic (exact) mass is 302 g/mol. The Kier molecular flexibility index (Phi) is 4.84. The second-order valence-corrected chi connectivity index (χ2v) is 7.14. The molecule has 106 valence electrons. The summed E-state index contributed by atoms with van der Waals surface area (Å²) in [6.07, 6.45) is 1.84. The minimum absolute atomic E-state index is 0.0209. The van der Waals surface area contributed by atoms with Gasteiger partial charge in [-0.25, -0.2) is 8.42 Å². The Hall–Kier alpha value is -0.620. The van der Waals surface area contributed by atoms with Crippen LogP contribution in [0.4, 0.5) is 0 Å². The van der Waals surface area contributed by atoms with Crippen molar-refractivity contribution < 1.29 is 8.42 Å². The summed E-state index contributed by atoms with van der Waals surface area (Å²) in [5.74, 6) is -0.0209. The van der Waals surface area contributed by atoms with Crippen LogP contribution in [0.1, 0.15) is 18.4 Å². The van der Waals surface area contributed by atoms with Gasteiger partial charge in [-0.3, -0.25) is 0 Å². The molecule has 19 heavy (non-hydrogen) atoms. The molecule has 0 spiro atoms. The lowest BCUT2D eigenvalue weighted by Crippen LogP contribution is -2.41. The first-order valence-corrected chi connectivity index (χ1v) is 8.41. The number of hydrogen-bond acceptors (Lipinski definition) is 3. The average Bonchev–Trinajstić information content (AvgIpc) is 2.81. The van der Waals surface area contributed by atoms with Crippen molar-refractivity contribution in [2.45, 2.75) is 24.6 Å². The summed E-state index contributed by atoms with van der Waals surface area (Å²) < 4.78 is 26.6. The van der Waals surface area contributed by atoms with Crippen molar-refractivity contribution in [3.63, 3.8) is 0 Å². The molecule has 1 fully saturated rings. The van der Waals surface area contributed by atoms with Gasteiger partial charge >= 0.3 is 0 Å². The minimum Gasteiger partial charge on any atom is -0.318 e. The van der Waals surface area contributed by atoms with Crippen LogP contribution < -0.4 is 5.32 Å². The van der Waals surface area contributed by atoms with Gasteiger partial charge in [-0.2, -0.15) is 4.31 Å². The molecule has 4 nitrogen and oxygen atoms in total. The summed E-state index contributed by atoms with van der Waals surface area (Å²) >= 11 is 6.04. The van der Waals surface area contributed by atoms with Gasteiger partial charge in [0.1, 0.15) is 0 Å². The first-order valence-electron chi connectivity index (χ1n) is 6.42. The van der Waals surface area contributed by atoms with E-state index in [1.807, 2.05) is 13.1 Å². The van der Waals surface area contributed by atoms with Crippen LogP contribution in [0.25, 0.3) is 0 Å². The number of likely N-dealkylation sites (N-methyl/N-ethyl adjacent to an activating group) is 1. The van der Waals surface area contributed by atoms with Gasteiger partial charge in [-0.1, -0.05) is 29.8 Å². The van der Waals surface area contributed by atoms with Crippen LogP contribution in [0.3, 0.4) is 0 Å². The summed E-state index contributed by atoms with van der Waals surface area (Å²) in [4.78, 5) is 0. The van der Waals surface area contributed by atoms with E-state index in [2.05, 4.69) is 5.32 Å². The highest BCUT2D eigenvalue weighted by Crippen LogP contribution is 2.25.